The van der Waals surface area contributed by atoms with Gasteiger partial charge in [-0.2, -0.15) is 0 Å². The molecule has 2 atom stereocenters. The van der Waals surface area contributed by atoms with Crippen molar-refractivity contribution < 1.29 is 14.6 Å². The summed E-state index contributed by atoms with van der Waals surface area (Å²) in [5, 5.41) is 11.4. The summed E-state index contributed by atoms with van der Waals surface area (Å²) >= 11 is 6.36. The summed E-state index contributed by atoms with van der Waals surface area (Å²) in [6, 6.07) is 18.1. The van der Waals surface area contributed by atoms with Crippen LogP contribution in [0.2, 0.25) is 5.02 Å². The first kappa shape index (κ1) is 24.1. The molecule has 0 bridgehead atoms. The van der Waals surface area contributed by atoms with E-state index in [0.29, 0.717) is 24.1 Å². The van der Waals surface area contributed by atoms with Crippen molar-refractivity contribution in [2.75, 3.05) is 33.4 Å². The first-order valence-electron chi connectivity index (χ1n) is 12.5. The Morgan fingerprint density at radius 3 is 2.66 bits per heavy atom. The molecule has 0 saturated carbocycles. The van der Waals surface area contributed by atoms with E-state index in [1.807, 2.05) is 36.5 Å². The Hall–Kier alpha value is -2.60. The molecule has 2 heterocycles. The Bertz CT molecular complexity index is 1150. The molecule has 1 N–H and O–H groups in total. The summed E-state index contributed by atoms with van der Waals surface area (Å²) < 4.78 is 11.0. The second-order valence-corrected chi connectivity index (χ2v) is 10.1. The SMILES string of the molecule is COc1cccc(OCC(O)CN2CCC(C3c4ccc(Cl)cc4CCc4cccnc43)CC2)c1. The van der Waals surface area contributed by atoms with E-state index in [1.165, 1.54) is 22.4 Å². The monoisotopic (exact) mass is 492 g/mol. The summed E-state index contributed by atoms with van der Waals surface area (Å²) in [4.78, 5) is 7.23. The van der Waals surface area contributed by atoms with Crippen molar-refractivity contribution in [3.05, 3.63) is 88.2 Å². The van der Waals surface area contributed by atoms with Crippen molar-refractivity contribution >= 4 is 11.6 Å². The Morgan fingerprint density at radius 1 is 1.03 bits per heavy atom. The number of aromatic nitrogens is 1. The lowest BCUT2D eigenvalue weighted by atomic mass is 9.76. The van der Waals surface area contributed by atoms with Crippen LogP contribution in [-0.2, 0) is 12.8 Å². The molecule has 3 aromatic rings. The van der Waals surface area contributed by atoms with Crippen LogP contribution in [0.5, 0.6) is 11.5 Å². The predicted molar refractivity (Wildman–Crippen MR) is 139 cm³/mol. The lowest BCUT2D eigenvalue weighted by molar-refractivity contribution is 0.0536. The quantitative estimate of drug-likeness (QED) is 0.495. The van der Waals surface area contributed by atoms with Gasteiger partial charge in [0.25, 0.3) is 0 Å². The van der Waals surface area contributed by atoms with Gasteiger partial charge in [-0.05, 0) is 91.7 Å². The van der Waals surface area contributed by atoms with Gasteiger partial charge in [-0.3, -0.25) is 4.98 Å². The number of hydrogen-bond acceptors (Lipinski definition) is 5. The van der Waals surface area contributed by atoms with Crippen molar-refractivity contribution in [2.45, 2.75) is 37.7 Å². The zero-order chi connectivity index (χ0) is 24.2. The number of ether oxygens (including phenoxy) is 2. The molecule has 1 aliphatic heterocycles. The number of hydrogen-bond donors (Lipinski definition) is 1. The zero-order valence-electron chi connectivity index (χ0n) is 20.2. The third kappa shape index (κ3) is 5.64. The molecule has 0 amide bonds. The second kappa shape index (κ2) is 11.0. The number of likely N-dealkylation sites (tertiary alicyclic amines) is 1. The first-order valence-corrected chi connectivity index (χ1v) is 12.9. The normalized spacial score (nSPS) is 19.3. The van der Waals surface area contributed by atoms with E-state index >= 15 is 0 Å². The van der Waals surface area contributed by atoms with Gasteiger partial charge in [0.05, 0.1) is 12.8 Å². The minimum atomic E-state index is -0.541. The molecular formula is C29H33ClN2O3. The Labute approximate surface area is 212 Å². The van der Waals surface area contributed by atoms with Crippen LogP contribution in [0.15, 0.2) is 60.8 Å². The van der Waals surface area contributed by atoms with Gasteiger partial charge >= 0.3 is 0 Å². The van der Waals surface area contributed by atoms with Crippen LogP contribution in [-0.4, -0.2) is 54.4 Å². The number of aliphatic hydroxyl groups is 1. The first-order chi connectivity index (χ1) is 17.1. The molecule has 2 aliphatic rings. The van der Waals surface area contributed by atoms with Crippen LogP contribution in [0.25, 0.3) is 0 Å². The highest BCUT2D eigenvalue weighted by Crippen LogP contribution is 2.42. The number of halogens is 1. The minimum Gasteiger partial charge on any atom is -0.497 e. The third-order valence-electron chi connectivity index (χ3n) is 7.38. The molecule has 6 heteroatoms. The Balaban J connectivity index is 1.22. The average molecular weight is 493 g/mol. The van der Waals surface area contributed by atoms with Crippen LogP contribution in [0, 0.1) is 5.92 Å². The van der Waals surface area contributed by atoms with Gasteiger partial charge in [-0.15, -0.1) is 0 Å². The maximum atomic E-state index is 10.6. The van der Waals surface area contributed by atoms with Crippen molar-refractivity contribution in [2.24, 2.45) is 5.92 Å². The number of fused-ring (bicyclic) bond motifs is 2. The highest BCUT2D eigenvalue weighted by atomic mass is 35.5. The smallest absolute Gasteiger partial charge is 0.123 e. The molecule has 1 aromatic heterocycles. The van der Waals surface area contributed by atoms with Gasteiger partial charge in [0, 0.05) is 29.7 Å². The van der Waals surface area contributed by atoms with Crippen LogP contribution in [0.1, 0.15) is 41.1 Å². The summed E-state index contributed by atoms with van der Waals surface area (Å²) in [6.45, 7) is 2.80. The molecule has 5 nitrogen and oxygen atoms in total. The van der Waals surface area contributed by atoms with Crippen LogP contribution in [0.4, 0.5) is 0 Å². The molecule has 0 spiro atoms. The second-order valence-electron chi connectivity index (χ2n) is 9.65. The van der Waals surface area contributed by atoms with Crippen molar-refractivity contribution in [3.63, 3.8) is 0 Å². The van der Waals surface area contributed by atoms with Gasteiger partial charge in [0.15, 0.2) is 0 Å². The standard InChI is InChI=1S/C29H33ClN2O3/c1-34-25-5-2-6-26(17-25)35-19-24(33)18-32-14-11-20(12-15-32)28-27-10-9-23(30)16-22(27)8-7-21-4-3-13-31-29(21)28/h2-6,9-10,13,16-17,20,24,28,33H,7-8,11-12,14-15,18-19H2,1H3. The fraction of sp³-hybridized carbons (Fsp3) is 0.414. The lowest BCUT2D eigenvalue weighted by Gasteiger charge is -2.37. The Morgan fingerprint density at radius 2 is 1.83 bits per heavy atom. The van der Waals surface area contributed by atoms with E-state index in [4.69, 9.17) is 26.1 Å². The van der Waals surface area contributed by atoms with Crippen molar-refractivity contribution in [1.82, 2.24) is 9.88 Å². The van der Waals surface area contributed by atoms with E-state index < -0.39 is 6.10 Å². The highest BCUT2D eigenvalue weighted by molar-refractivity contribution is 6.30. The number of methoxy groups -OCH3 is 1. The lowest BCUT2D eigenvalue weighted by Crippen LogP contribution is -2.41. The van der Waals surface area contributed by atoms with Gasteiger partial charge in [0.2, 0.25) is 0 Å². The number of pyridine rings is 1. The molecule has 1 saturated heterocycles. The number of aliphatic hydroxyl groups excluding tert-OH is 1. The molecule has 35 heavy (non-hydrogen) atoms. The summed E-state index contributed by atoms with van der Waals surface area (Å²) in [6.07, 6.45) is 5.55. The number of benzene rings is 2. The van der Waals surface area contributed by atoms with E-state index in [-0.39, 0.29) is 6.61 Å². The molecule has 0 radical (unpaired) electrons. The maximum Gasteiger partial charge on any atom is 0.123 e. The molecule has 5 rings (SSSR count). The molecule has 184 valence electrons. The fourth-order valence-electron chi connectivity index (χ4n) is 5.63. The van der Waals surface area contributed by atoms with Gasteiger partial charge in [0.1, 0.15) is 24.2 Å². The number of nitrogens with zero attached hydrogens (tertiary/aromatic N) is 2. The van der Waals surface area contributed by atoms with Crippen molar-refractivity contribution in [3.8, 4) is 11.5 Å². The van der Waals surface area contributed by atoms with E-state index in [1.54, 1.807) is 7.11 Å². The van der Waals surface area contributed by atoms with Gasteiger partial charge < -0.3 is 19.5 Å². The number of piperidine rings is 1. The summed E-state index contributed by atoms with van der Waals surface area (Å²) in [5.74, 6) is 2.27. The average Bonchev–Trinajstić information content (AvgIpc) is 3.05. The molecule has 2 unspecified atom stereocenters. The minimum absolute atomic E-state index is 0.265. The van der Waals surface area contributed by atoms with Crippen LogP contribution >= 0.6 is 11.6 Å². The number of β-amino-alcohol motifs (C(OH)–C–C–N with tert-alkyl or cyclic N) is 1. The van der Waals surface area contributed by atoms with Crippen LogP contribution in [0.3, 0.4) is 0 Å². The number of rotatable bonds is 7. The number of aryl methyl sites for hydroxylation is 2. The maximum absolute atomic E-state index is 10.6. The largest absolute Gasteiger partial charge is 0.497 e. The van der Waals surface area contributed by atoms with Gasteiger partial charge in [-0.25, -0.2) is 0 Å². The summed E-state index contributed by atoms with van der Waals surface area (Å²) in [7, 11) is 1.63. The zero-order valence-corrected chi connectivity index (χ0v) is 21.0. The highest BCUT2D eigenvalue weighted by Gasteiger charge is 2.34. The van der Waals surface area contributed by atoms with Crippen molar-refractivity contribution in [1.29, 1.82) is 0 Å². The molecule has 1 fully saturated rings. The van der Waals surface area contributed by atoms with E-state index in [2.05, 4.69) is 29.2 Å². The third-order valence-corrected chi connectivity index (χ3v) is 7.62. The molecule has 1 aliphatic carbocycles. The van der Waals surface area contributed by atoms with E-state index in [9.17, 15) is 5.11 Å². The molecule has 2 aromatic carbocycles. The fourth-order valence-corrected chi connectivity index (χ4v) is 5.83. The van der Waals surface area contributed by atoms with E-state index in [0.717, 1.165) is 49.5 Å². The molecular weight excluding hydrogens is 460 g/mol. The predicted octanol–water partition coefficient (Wildman–Crippen LogP) is 5.13. The van der Waals surface area contributed by atoms with Gasteiger partial charge in [-0.1, -0.05) is 29.8 Å². The summed E-state index contributed by atoms with van der Waals surface area (Å²) in [5.41, 5.74) is 5.33. The topological polar surface area (TPSA) is 54.8 Å². The Kier molecular flexibility index (Phi) is 7.57. The van der Waals surface area contributed by atoms with Crippen LogP contribution < -0.4 is 9.47 Å².